The van der Waals surface area contributed by atoms with Crippen LogP contribution in [-0.4, -0.2) is 6.54 Å². The van der Waals surface area contributed by atoms with Crippen molar-refractivity contribution >= 4 is 11.6 Å². The van der Waals surface area contributed by atoms with Crippen LogP contribution in [0.2, 0.25) is 5.02 Å². The molecule has 2 rings (SSSR count). The average molecular weight is 294 g/mol. The van der Waals surface area contributed by atoms with Crippen LogP contribution in [0.15, 0.2) is 24.3 Å². The molecule has 0 radical (unpaired) electrons. The van der Waals surface area contributed by atoms with Gasteiger partial charge in [0.2, 0.25) is 0 Å². The standard InChI is InChI=1S/C18H28ClN/c1-2-3-4-15-9-11-18(14-20,12-10-15)13-16-5-7-17(19)8-6-16/h5-8,15H,2-4,9-14,20H2,1H3. The molecule has 0 bridgehead atoms. The first-order chi connectivity index (χ1) is 9.67. The second kappa shape index (κ2) is 7.47. The van der Waals surface area contributed by atoms with Crippen molar-refractivity contribution in [3.63, 3.8) is 0 Å². The van der Waals surface area contributed by atoms with Crippen molar-refractivity contribution in [3.05, 3.63) is 34.9 Å². The van der Waals surface area contributed by atoms with Crippen molar-refractivity contribution < 1.29 is 0 Å². The largest absolute Gasteiger partial charge is 0.330 e. The highest BCUT2D eigenvalue weighted by atomic mass is 35.5. The van der Waals surface area contributed by atoms with Gasteiger partial charge in [0.1, 0.15) is 0 Å². The van der Waals surface area contributed by atoms with Crippen molar-refractivity contribution in [2.75, 3.05) is 6.54 Å². The molecule has 2 N–H and O–H groups in total. The number of hydrogen-bond donors (Lipinski definition) is 1. The molecule has 20 heavy (non-hydrogen) atoms. The van der Waals surface area contributed by atoms with Crippen LogP contribution in [0.4, 0.5) is 0 Å². The first-order valence-corrected chi connectivity index (χ1v) is 8.50. The second-order valence-electron chi connectivity index (χ2n) is 6.59. The van der Waals surface area contributed by atoms with E-state index in [1.807, 2.05) is 12.1 Å². The maximum Gasteiger partial charge on any atom is 0.0406 e. The SMILES string of the molecule is CCCCC1CCC(CN)(Cc2ccc(Cl)cc2)CC1. The summed E-state index contributed by atoms with van der Waals surface area (Å²) in [6.07, 6.45) is 10.6. The van der Waals surface area contributed by atoms with Crippen molar-refractivity contribution in [1.29, 1.82) is 0 Å². The molecule has 1 nitrogen and oxygen atoms in total. The number of rotatable bonds is 6. The van der Waals surface area contributed by atoms with Gasteiger partial charge in [0.25, 0.3) is 0 Å². The smallest absolute Gasteiger partial charge is 0.0406 e. The number of nitrogens with two attached hydrogens (primary N) is 1. The Labute approximate surface area is 128 Å². The molecule has 0 saturated heterocycles. The van der Waals surface area contributed by atoms with Gasteiger partial charge in [-0.15, -0.1) is 0 Å². The van der Waals surface area contributed by atoms with Gasteiger partial charge in [0, 0.05) is 5.02 Å². The average Bonchev–Trinajstić information content (AvgIpc) is 2.49. The molecule has 0 amide bonds. The third-order valence-electron chi connectivity index (χ3n) is 5.06. The van der Waals surface area contributed by atoms with Gasteiger partial charge < -0.3 is 5.73 Å². The molecule has 0 atom stereocenters. The molecule has 0 aromatic heterocycles. The zero-order chi connectivity index (χ0) is 14.4. The van der Waals surface area contributed by atoms with E-state index in [0.717, 1.165) is 23.9 Å². The molecule has 0 spiro atoms. The summed E-state index contributed by atoms with van der Waals surface area (Å²) in [6, 6.07) is 8.30. The summed E-state index contributed by atoms with van der Waals surface area (Å²) in [6.45, 7) is 3.10. The van der Waals surface area contributed by atoms with Gasteiger partial charge in [0.05, 0.1) is 0 Å². The first-order valence-electron chi connectivity index (χ1n) is 8.12. The topological polar surface area (TPSA) is 26.0 Å². The quantitative estimate of drug-likeness (QED) is 0.765. The lowest BCUT2D eigenvalue weighted by Gasteiger charge is -2.40. The van der Waals surface area contributed by atoms with Gasteiger partial charge in [-0.25, -0.2) is 0 Å². The Balaban J connectivity index is 1.92. The Morgan fingerprint density at radius 3 is 2.40 bits per heavy atom. The van der Waals surface area contributed by atoms with Gasteiger partial charge in [-0.1, -0.05) is 49.9 Å². The highest BCUT2D eigenvalue weighted by Gasteiger charge is 2.33. The number of hydrogen-bond acceptors (Lipinski definition) is 1. The summed E-state index contributed by atoms with van der Waals surface area (Å²) in [5.41, 5.74) is 7.85. The Hall–Kier alpha value is -0.530. The maximum atomic E-state index is 6.14. The summed E-state index contributed by atoms with van der Waals surface area (Å²) >= 11 is 5.97. The molecular weight excluding hydrogens is 266 g/mol. The van der Waals surface area contributed by atoms with E-state index >= 15 is 0 Å². The number of benzene rings is 1. The number of unbranched alkanes of at least 4 members (excludes halogenated alkanes) is 1. The third kappa shape index (κ3) is 4.23. The second-order valence-corrected chi connectivity index (χ2v) is 7.03. The maximum absolute atomic E-state index is 6.14. The van der Waals surface area contributed by atoms with Crippen LogP contribution in [0.25, 0.3) is 0 Å². The highest BCUT2D eigenvalue weighted by molar-refractivity contribution is 6.30. The molecule has 0 aliphatic heterocycles. The van der Waals surface area contributed by atoms with E-state index in [1.54, 1.807) is 0 Å². The van der Waals surface area contributed by atoms with Crippen LogP contribution < -0.4 is 5.73 Å². The van der Waals surface area contributed by atoms with Crippen LogP contribution >= 0.6 is 11.6 Å². The molecule has 1 fully saturated rings. The zero-order valence-electron chi connectivity index (χ0n) is 12.7. The summed E-state index contributed by atoms with van der Waals surface area (Å²) in [5.74, 6) is 0.944. The predicted octanol–water partition coefficient (Wildman–Crippen LogP) is 5.21. The summed E-state index contributed by atoms with van der Waals surface area (Å²) in [4.78, 5) is 0. The molecule has 112 valence electrons. The molecule has 0 unspecified atom stereocenters. The fourth-order valence-corrected chi connectivity index (χ4v) is 3.69. The van der Waals surface area contributed by atoms with Crippen LogP contribution in [0.1, 0.15) is 57.4 Å². The highest BCUT2D eigenvalue weighted by Crippen LogP contribution is 2.42. The first kappa shape index (κ1) is 15.9. The van der Waals surface area contributed by atoms with Gasteiger partial charge in [-0.3, -0.25) is 0 Å². The van der Waals surface area contributed by atoms with E-state index in [2.05, 4.69) is 19.1 Å². The van der Waals surface area contributed by atoms with E-state index in [0.29, 0.717) is 5.41 Å². The van der Waals surface area contributed by atoms with Crippen molar-refractivity contribution in [3.8, 4) is 0 Å². The van der Waals surface area contributed by atoms with Gasteiger partial charge in [0.15, 0.2) is 0 Å². The minimum atomic E-state index is 0.330. The lowest BCUT2D eigenvalue weighted by atomic mass is 9.67. The molecule has 1 aromatic rings. The minimum Gasteiger partial charge on any atom is -0.330 e. The molecule has 0 heterocycles. The van der Waals surface area contributed by atoms with Crippen LogP contribution in [0.5, 0.6) is 0 Å². The predicted molar refractivity (Wildman–Crippen MR) is 88.1 cm³/mol. The fraction of sp³-hybridized carbons (Fsp3) is 0.667. The molecule has 1 saturated carbocycles. The van der Waals surface area contributed by atoms with E-state index in [4.69, 9.17) is 17.3 Å². The lowest BCUT2D eigenvalue weighted by Crippen LogP contribution is -2.36. The Bertz CT molecular complexity index is 390. The van der Waals surface area contributed by atoms with Crippen molar-refractivity contribution in [2.45, 2.75) is 58.3 Å². The molecular formula is C18H28ClN. The summed E-state index contributed by atoms with van der Waals surface area (Å²) in [7, 11) is 0. The number of halogens is 1. The van der Waals surface area contributed by atoms with Crippen molar-refractivity contribution in [1.82, 2.24) is 0 Å². The van der Waals surface area contributed by atoms with E-state index in [-0.39, 0.29) is 0 Å². The monoisotopic (exact) mass is 293 g/mol. The zero-order valence-corrected chi connectivity index (χ0v) is 13.5. The minimum absolute atomic E-state index is 0.330. The molecule has 1 aliphatic carbocycles. The summed E-state index contributed by atoms with van der Waals surface area (Å²) in [5, 5.41) is 0.818. The molecule has 1 aliphatic rings. The lowest BCUT2D eigenvalue weighted by molar-refractivity contribution is 0.150. The molecule has 2 heteroatoms. The Morgan fingerprint density at radius 2 is 1.85 bits per heavy atom. The van der Waals surface area contributed by atoms with Crippen LogP contribution in [0.3, 0.4) is 0 Å². The van der Waals surface area contributed by atoms with E-state index in [1.165, 1.54) is 50.5 Å². The van der Waals surface area contributed by atoms with Crippen LogP contribution in [-0.2, 0) is 6.42 Å². The van der Waals surface area contributed by atoms with Gasteiger partial charge in [-0.2, -0.15) is 0 Å². The Morgan fingerprint density at radius 1 is 1.20 bits per heavy atom. The van der Waals surface area contributed by atoms with Crippen molar-refractivity contribution in [2.24, 2.45) is 17.1 Å². The third-order valence-corrected chi connectivity index (χ3v) is 5.31. The van der Waals surface area contributed by atoms with Crippen LogP contribution in [0, 0.1) is 11.3 Å². The van der Waals surface area contributed by atoms with E-state index < -0.39 is 0 Å². The molecule has 1 aromatic carbocycles. The normalized spacial score (nSPS) is 26.6. The van der Waals surface area contributed by atoms with Gasteiger partial charge >= 0.3 is 0 Å². The van der Waals surface area contributed by atoms with E-state index in [9.17, 15) is 0 Å². The Kier molecular flexibility index (Phi) is 5.92. The van der Waals surface area contributed by atoms with Gasteiger partial charge in [-0.05, 0) is 67.7 Å². The summed E-state index contributed by atoms with van der Waals surface area (Å²) < 4.78 is 0. The fourth-order valence-electron chi connectivity index (χ4n) is 3.56.